The van der Waals surface area contributed by atoms with Crippen molar-refractivity contribution in [2.45, 2.75) is 13.3 Å². The van der Waals surface area contributed by atoms with E-state index in [4.69, 9.17) is 0 Å². The number of rotatable bonds is 7. The zero-order valence-electron chi connectivity index (χ0n) is 13.8. The Hall–Kier alpha value is -2.19. The molecule has 2 rings (SSSR count). The lowest BCUT2D eigenvalue weighted by Crippen LogP contribution is -2.34. The predicted octanol–water partition coefficient (Wildman–Crippen LogP) is 2.03. The molecule has 7 nitrogen and oxygen atoms in total. The van der Waals surface area contributed by atoms with E-state index in [1.807, 2.05) is 24.3 Å². The molecule has 0 atom stereocenters. The number of hydrogen-bond donors (Lipinski definition) is 2. The van der Waals surface area contributed by atoms with Gasteiger partial charge in [0.05, 0.1) is 17.5 Å². The van der Waals surface area contributed by atoms with Crippen LogP contribution in [-0.2, 0) is 10.0 Å². The maximum atomic E-state index is 12.0. The van der Waals surface area contributed by atoms with Crippen molar-refractivity contribution in [1.29, 1.82) is 0 Å². The highest BCUT2D eigenvalue weighted by molar-refractivity contribution is 7.88. The first-order valence-electron chi connectivity index (χ1n) is 7.75. The first-order valence-corrected chi connectivity index (χ1v) is 9.60. The van der Waals surface area contributed by atoms with E-state index >= 15 is 0 Å². The largest absolute Gasteiger partial charge is 0.338 e. The number of para-hydroxylation sites is 1. The Balaban J connectivity index is 1.85. The van der Waals surface area contributed by atoms with Crippen molar-refractivity contribution in [2.75, 3.05) is 31.2 Å². The highest BCUT2D eigenvalue weighted by Gasteiger charge is 2.13. The van der Waals surface area contributed by atoms with Gasteiger partial charge in [0.1, 0.15) is 0 Å². The number of nitrogens with one attached hydrogen (secondary N) is 2. The van der Waals surface area contributed by atoms with Gasteiger partial charge in [-0.2, -0.15) is 0 Å². The second kappa shape index (κ2) is 8.07. The number of fused-ring (bicyclic) bond motifs is 1. The van der Waals surface area contributed by atoms with Crippen molar-refractivity contribution in [2.24, 2.45) is 0 Å². The molecule has 1 aromatic heterocycles. The van der Waals surface area contributed by atoms with Gasteiger partial charge < -0.3 is 10.6 Å². The third-order valence-corrected chi connectivity index (χ3v) is 4.95. The van der Waals surface area contributed by atoms with Gasteiger partial charge in [0, 0.05) is 31.2 Å². The number of aromatic nitrogens is 1. The summed E-state index contributed by atoms with van der Waals surface area (Å²) in [5.74, 6) is 0. The fraction of sp³-hybridized carbons (Fsp3) is 0.375. The van der Waals surface area contributed by atoms with Gasteiger partial charge in [0.15, 0.2) is 0 Å². The van der Waals surface area contributed by atoms with Crippen LogP contribution in [0.25, 0.3) is 10.9 Å². The summed E-state index contributed by atoms with van der Waals surface area (Å²) in [6.07, 6.45) is 3.40. The SMILES string of the molecule is CCN(CCCNC(=O)Nc1cccc2cccnc12)S(C)(=O)=O. The van der Waals surface area contributed by atoms with E-state index in [-0.39, 0.29) is 6.03 Å². The van der Waals surface area contributed by atoms with Crippen LogP contribution in [-0.4, -0.2) is 49.6 Å². The molecule has 2 aromatic rings. The molecule has 0 aliphatic heterocycles. The third-order valence-electron chi connectivity index (χ3n) is 3.57. The number of carbonyl (C=O) groups is 1. The Kier molecular flexibility index (Phi) is 6.10. The molecule has 8 heteroatoms. The van der Waals surface area contributed by atoms with Gasteiger partial charge in [0.2, 0.25) is 10.0 Å². The number of benzene rings is 1. The average molecular weight is 350 g/mol. The first kappa shape index (κ1) is 18.2. The standard InChI is InChI=1S/C16H22N4O3S/c1-3-20(24(2,22)23)12-6-11-18-16(21)19-14-9-4-7-13-8-5-10-17-15(13)14/h4-5,7-10H,3,6,11-12H2,1-2H3,(H2,18,19,21). The summed E-state index contributed by atoms with van der Waals surface area (Å²) in [5.41, 5.74) is 1.36. The molecule has 0 aliphatic carbocycles. The lowest BCUT2D eigenvalue weighted by atomic mass is 10.2. The summed E-state index contributed by atoms with van der Waals surface area (Å²) >= 11 is 0. The van der Waals surface area contributed by atoms with Gasteiger partial charge in [-0.15, -0.1) is 0 Å². The topological polar surface area (TPSA) is 91.4 Å². The van der Waals surface area contributed by atoms with Gasteiger partial charge in [0.25, 0.3) is 0 Å². The van der Waals surface area contributed by atoms with Crippen LogP contribution in [0.3, 0.4) is 0 Å². The van der Waals surface area contributed by atoms with Gasteiger partial charge >= 0.3 is 6.03 Å². The smallest absolute Gasteiger partial charge is 0.319 e. The molecule has 0 fully saturated rings. The van der Waals surface area contributed by atoms with Crippen LogP contribution in [0.5, 0.6) is 0 Å². The van der Waals surface area contributed by atoms with Crippen LogP contribution < -0.4 is 10.6 Å². The summed E-state index contributed by atoms with van der Waals surface area (Å²) in [6.45, 7) is 2.98. The summed E-state index contributed by atoms with van der Waals surface area (Å²) in [4.78, 5) is 16.3. The van der Waals surface area contributed by atoms with E-state index in [0.29, 0.717) is 31.7 Å². The first-order chi connectivity index (χ1) is 11.4. The van der Waals surface area contributed by atoms with E-state index in [1.54, 1.807) is 19.2 Å². The van der Waals surface area contributed by atoms with E-state index in [0.717, 1.165) is 10.9 Å². The van der Waals surface area contributed by atoms with Crippen LogP contribution >= 0.6 is 0 Å². The van der Waals surface area contributed by atoms with E-state index < -0.39 is 10.0 Å². The molecule has 0 radical (unpaired) electrons. The molecule has 0 aliphatic rings. The summed E-state index contributed by atoms with van der Waals surface area (Å²) in [7, 11) is -3.19. The second-order valence-electron chi connectivity index (χ2n) is 5.37. The third kappa shape index (κ3) is 4.90. The number of pyridine rings is 1. The van der Waals surface area contributed by atoms with Gasteiger partial charge in [-0.05, 0) is 18.6 Å². The maximum Gasteiger partial charge on any atom is 0.319 e. The Labute approximate surface area is 142 Å². The number of anilines is 1. The molecular formula is C16H22N4O3S. The van der Waals surface area contributed by atoms with Gasteiger partial charge in [-0.3, -0.25) is 4.98 Å². The zero-order valence-corrected chi connectivity index (χ0v) is 14.6. The quantitative estimate of drug-likeness (QED) is 0.748. The zero-order chi connectivity index (χ0) is 17.6. The van der Waals surface area contributed by atoms with Crippen molar-refractivity contribution in [3.05, 3.63) is 36.5 Å². The average Bonchev–Trinajstić information content (AvgIpc) is 2.54. The number of urea groups is 1. The van der Waals surface area contributed by atoms with Crippen LogP contribution in [0, 0.1) is 0 Å². The maximum absolute atomic E-state index is 12.0. The fourth-order valence-corrected chi connectivity index (χ4v) is 3.32. The Morgan fingerprint density at radius 2 is 2.00 bits per heavy atom. The van der Waals surface area contributed by atoms with Crippen LogP contribution in [0.4, 0.5) is 10.5 Å². The molecule has 2 amide bonds. The van der Waals surface area contributed by atoms with Crippen molar-refractivity contribution >= 4 is 32.6 Å². The molecule has 0 bridgehead atoms. The Bertz CT molecular complexity index is 803. The van der Waals surface area contributed by atoms with Crippen LogP contribution in [0.2, 0.25) is 0 Å². The molecule has 130 valence electrons. The van der Waals surface area contributed by atoms with E-state index in [9.17, 15) is 13.2 Å². The normalized spacial score (nSPS) is 11.6. The highest BCUT2D eigenvalue weighted by Crippen LogP contribution is 2.20. The Morgan fingerprint density at radius 1 is 1.25 bits per heavy atom. The molecule has 0 saturated carbocycles. The molecule has 0 saturated heterocycles. The lowest BCUT2D eigenvalue weighted by Gasteiger charge is -2.17. The minimum Gasteiger partial charge on any atom is -0.338 e. The molecule has 0 unspecified atom stereocenters. The van der Waals surface area contributed by atoms with E-state index in [2.05, 4.69) is 15.6 Å². The molecule has 1 aromatic carbocycles. The monoisotopic (exact) mass is 350 g/mol. The number of sulfonamides is 1. The number of hydrogen-bond acceptors (Lipinski definition) is 4. The minimum atomic E-state index is -3.19. The van der Waals surface area contributed by atoms with Crippen molar-refractivity contribution in [1.82, 2.24) is 14.6 Å². The van der Waals surface area contributed by atoms with Crippen molar-refractivity contribution < 1.29 is 13.2 Å². The number of amides is 2. The molecule has 1 heterocycles. The summed E-state index contributed by atoms with van der Waals surface area (Å²) < 4.78 is 24.3. The van der Waals surface area contributed by atoms with E-state index in [1.165, 1.54) is 10.6 Å². The Morgan fingerprint density at radius 3 is 2.71 bits per heavy atom. The number of carbonyl (C=O) groups excluding carboxylic acids is 1. The lowest BCUT2D eigenvalue weighted by molar-refractivity contribution is 0.251. The van der Waals surface area contributed by atoms with Crippen molar-refractivity contribution in [3.8, 4) is 0 Å². The summed E-state index contributed by atoms with van der Waals surface area (Å²) in [6, 6.07) is 9.00. The van der Waals surface area contributed by atoms with Crippen molar-refractivity contribution in [3.63, 3.8) is 0 Å². The summed E-state index contributed by atoms with van der Waals surface area (Å²) in [5, 5.41) is 6.45. The molecule has 24 heavy (non-hydrogen) atoms. The minimum absolute atomic E-state index is 0.337. The fourth-order valence-electron chi connectivity index (χ4n) is 2.39. The van der Waals surface area contributed by atoms with Crippen LogP contribution in [0.1, 0.15) is 13.3 Å². The predicted molar refractivity (Wildman–Crippen MR) is 95.5 cm³/mol. The molecule has 2 N–H and O–H groups in total. The van der Waals surface area contributed by atoms with Gasteiger partial charge in [-0.25, -0.2) is 17.5 Å². The van der Waals surface area contributed by atoms with Crippen LogP contribution in [0.15, 0.2) is 36.5 Å². The molecular weight excluding hydrogens is 328 g/mol. The highest BCUT2D eigenvalue weighted by atomic mass is 32.2. The number of nitrogens with zero attached hydrogens (tertiary/aromatic N) is 2. The second-order valence-corrected chi connectivity index (χ2v) is 7.35. The van der Waals surface area contributed by atoms with Gasteiger partial charge in [-0.1, -0.05) is 25.1 Å². The molecule has 0 spiro atoms.